The van der Waals surface area contributed by atoms with Crippen molar-refractivity contribution in [2.75, 3.05) is 0 Å². The van der Waals surface area contributed by atoms with Crippen molar-refractivity contribution in [3.8, 4) is 0 Å². The van der Waals surface area contributed by atoms with Gasteiger partial charge in [-0.3, -0.25) is 4.90 Å². The van der Waals surface area contributed by atoms with Crippen LogP contribution in [0.15, 0.2) is 53.1 Å². The quantitative estimate of drug-likeness (QED) is 0.784. The second-order valence-electron chi connectivity index (χ2n) is 7.47. The summed E-state index contributed by atoms with van der Waals surface area (Å²) in [5.41, 5.74) is 1.42. The van der Waals surface area contributed by atoms with E-state index in [1.165, 1.54) is 37.7 Å². The molecule has 1 aromatic heterocycles. The van der Waals surface area contributed by atoms with E-state index in [-0.39, 0.29) is 0 Å². The largest absolute Gasteiger partial charge is 0.467 e. The number of hydrogen-bond acceptors (Lipinski definition) is 3. The maximum atomic E-state index is 5.50. The van der Waals surface area contributed by atoms with Crippen LogP contribution in [0.4, 0.5) is 0 Å². The molecule has 2 N–H and O–H groups in total. The molecule has 2 aliphatic rings. The molecule has 2 bridgehead atoms. The lowest BCUT2D eigenvalue weighted by Crippen LogP contribution is -2.57. The first-order valence-corrected chi connectivity index (χ1v) is 10.0. The summed E-state index contributed by atoms with van der Waals surface area (Å²) in [6.45, 7) is 1.71. The zero-order valence-corrected chi connectivity index (χ0v) is 15.9. The summed E-state index contributed by atoms with van der Waals surface area (Å²) < 4.78 is 5.35. The zero-order chi connectivity index (χ0) is 17.8. The van der Waals surface area contributed by atoms with Crippen LogP contribution in [0.2, 0.25) is 0 Å². The van der Waals surface area contributed by atoms with E-state index in [0.29, 0.717) is 24.7 Å². The highest BCUT2D eigenvalue weighted by molar-refractivity contribution is 7.80. The fourth-order valence-corrected chi connectivity index (χ4v) is 4.70. The van der Waals surface area contributed by atoms with Crippen LogP contribution in [-0.4, -0.2) is 28.1 Å². The van der Waals surface area contributed by atoms with Crippen LogP contribution in [0, 0.1) is 0 Å². The van der Waals surface area contributed by atoms with Crippen molar-refractivity contribution < 1.29 is 4.42 Å². The van der Waals surface area contributed by atoms with Crippen molar-refractivity contribution in [1.29, 1.82) is 0 Å². The third-order valence-corrected chi connectivity index (χ3v) is 5.93. The van der Waals surface area contributed by atoms with E-state index < -0.39 is 0 Å². The number of furan rings is 1. The average Bonchev–Trinajstić information content (AvgIpc) is 3.15. The van der Waals surface area contributed by atoms with Crippen molar-refractivity contribution in [2.24, 2.45) is 0 Å². The van der Waals surface area contributed by atoms with E-state index in [1.54, 1.807) is 6.26 Å². The summed E-state index contributed by atoms with van der Waals surface area (Å²) in [4.78, 5) is 2.73. The van der Waals surface area contributed by atoms with Gasteiger partial charge in [0.25, 0.3) is 0 Å². The first-order chi connectivity index (χ1) is 12.8. The minimum atomic E-state index is 0.467. The first-order valence-electron chi connectivity index (χ1n) is 9.64. The summed E-state index contributed by atoms with van der Waals surface area (Å²) in [6, 6.07) is 16.5. The SMILES string of the molecule is S=C(NCc1ccco1)NC1CC2CCCC(C1)N2Cc1ccccc1. The highest BCUT2D eigenvalue weighted by Crippen LogP contribution is 2.35. The van der Waals surface area contributed by atoms with Crippen LogP contribution in [0.5, 0.6) is 0 Å². The lowest BCUT2D eigenvalue weighted by molar-refractivity contribution is 0.0210. The molecule has 26 heavy (non-hydrogen) atoms. The van der Waals surface area contributed by atoms with Crippen molar-refractivity contribution in [3.63, 3.8) is 0 Å². The number of benzene rings is 1. The highest BCUT2D eigenvalue weighted by atomic mass is 32.1. The van der Waals surface area contributed by atoms with Crippen LogP contribution in [0.3, 0.4) is 0 Å². The van der Waals surface area contributed by atoms with E-state index in [0.717, 1.165) is 17.4 Å². The molecular formula is C21H27N3OS. The minimum absolute atomic E-state index is 0.467. The van der Waals surface area contributed by atoms with Gasteiger partial charge in [-0.05, 0) is 55.6 Å². The van der Waals surface area contributed by atoms with Crippen LogP contribution in [0.1, 0.15) is 43.4 Å². The molecule has 3 heterocycles. The molecule has 138 valence electrons. The molecule has 1 aromatic carbocycles. The molecule has 0 radical (unpaired) electrons. The van der Waals surface area contributed by atoms with E-state index in [4.69, 9.17) is 16.6 Å². The number of nitrogens with one attached hydrogen (secondary N) is 2. The number of rotatable bonds is 5. The third-order valence-electron chi connectivity index (χ3n) is 5.67. The molecule has 2 saturated heterocycles. The Morgan fingerprint density at radius 3 is 2.54 bits per heavy atom. The molecule has 2 aliphatic heterocycles. The third kappa shape index (κ3) is 4.27. The van der Waals surface area contributed by atoms with Gasteiger partial charge in [0.15, 0.2) is 5.11 Å². The fraction of sp³-hybridized carbons (Fsp3) is 0.476. The average molecular weight is 370 g/mol. The summed E-state index contributed by atoms with van der Waals surface area (Å²) in [5, 5.41) is 7.55. The normalized spacial score (nSPS) is 25.6. The van der Waals surface area contributed by atoms with Gasteiger partial charge in [0.05, 0.1) is 12.8 Å². The van der Waals surface area contributed by atoms with Gasteiger partial charge in [-0.1, -0.05) is 36.8 Å². The minimum Gasteiger partial charge on any atom is -0.467 e. The summed E-state index contributed by atoms with van der Waals surface area (Å²) in [5.74, 6) is 0.906. The Bertz CT molecular complexity index is 689. The molecule has 2 unspecified atom stereocenters. The van der Waals surface area contributed by atoms with Gasteiger partial charge in [-0.25, -0.2) is 0 Å². The maximum absolute atomic E-state index is 5.50. The van der Waals surface area contributed by atoms with Gasteiger partial charge in [-0.2, -0.15) is 0 Å². The molecule has 5 heteroatoms. The molecular weight excluding hydrogens is 342 g/mol. The molecule has 2 aromatic rings. The lowest BCUT2D eigenvalue weighted by Gasteiger charge is -2.49. The molecule has 0 saturated carbocycles. The summed E-state index contributed by atoms with van der Waals surface area (Å²) in [7, 11) is 0. The van der Waals surface area contributed by atoms with Crippen LogP contribution in [0.25, 0.3) is 0 Å². The smallest absolute Gasteiger partial charge is 0.166 e. The standard InChI is InChI=1S/C21H27N3OS/c26-21(22-14-20-10-5-11-25-20)23-17-12-18-8-4-9-19(13-17)24(18)15-16-6-2-1-3-7-16/h1-3,5-7,10-11,17-19H,4,8-9,12-15H2,(H2,22,23,26). The van der Waals surface area contributed by atoms with Crippen LogP contribution >= 0.6 is 12.2 Å². The van der Waals surface area contributed by atoms with E-state index in [9.17, 15) is 0 Å². The molecule has 0 spiro atoms. The van der Waals surface area contributed by atoms with Crippen LogP contribution in [-0.2, 0) is 13.1 Å². The predicted octanol–water partition coefficient (Wildman–Crippen LogP) is 3.83. The number of nitrogens with zero attached hydrogens (tertiary/aromatic N) is 1. The molecule has 0 amide bonds. The highest BCUT2D eigenvalue weighted by Gasteiger charge is 2.38. The predicted molar refractivity (Wildman–Crippen MR) is 108 cm³/mol. The van der Waals surface area contributed by atoms with Gasteiger partial charge < -0.3 is 15.1 Å². The molecule has 4 rings (SSSR count). The Hall–Kier alpha value is -1.85. The number of piperidine rings is 2. The van der Waals surface area contributed by atoms with Gasteiger partial charge in [0, 0.05) is 24.7 Å². The van der Waals surface area contributed by atoms with E-state index in [1.807, 2.05) is 12.1 Å². The zero-order valence-electron chi connectivity index (χ0n) is 15.1. The van der Waals surface area contributed by atoms with Gasteiger partial charge in [-0.15, -0.1) is 0 Å². The van der Waals surface area contributed by atoms with Crippen LogP contribution < -0.4 is 10.6 Å². The lowest BCUT2D eigenvalue weighted by atomic mass is 9.81. The fourth-order valence-electron chi connectivity index (χ4n) is 4.47. The number of fused-ring (bicyclic) bond motifs is 2. The second kappa shape index (κ2) is 8.23. The molecule has 4 nitrogen and oxygen atoms in total. The second-order valence-corrected chi connectivity index (χ2v) is 7.88. The van der Waals surface area contributed by atoms with Gasteiger partial charge in [0.1, 0.15) is 5.76 Å². The first kappa shape index (κ1) is 17.6. The van der Waals surface area contributed by atoms with Crippen molar-refractivity contribution in [1.82, 2.24) is 15.5 Å². The Morgan fingerprint density at radius 1 is 1.08 bits per heavy atom. The van der Waals surface area contributed by atoms with Gasteiger partial charge >= 0.3 is 0 Å². The van der Waals surface area contributed by atoms with Gasteiger partial charge in [0.2, 0.25) is 0 Å². The number of hydrogen-bond donors (Lipinski definition) is 2. The summed E-state index contributed by atoms with van der Waals surface area (Å²) in [6.07, 6.45) is 7.99. The topological polar surface area (TPSA) is 40.4 Å². The monoisotopic (exact) mass is 369 g/mol. The van der Waals surface area contributed by atoms with E-state index in [2.05, 4.69) is 45.9 Å². The Balaban J connectivity index is 1.31. The number of thiocarbonyl (C=S) groups is 1. The molecule has 2 atom stereocenters. The van der Waals surface area contributed by atoms with Crippen molar-refractivity contribution in [2.45, 2.75) is 63.3 Å². The Morgan fingerprint density at radius 2 is 1.85 bits per heavy atom. The van der Waals surface area contributed by atoms with Crippen molar-refractivity contribution >= 4 is 17.3 Å². The Kier molecular flexibility index (Phi) is 5.56. The maximum Gasteiger partial charge on any atom is 0.166 e. The van der Waals surface area contributed by atoms with E-state index >= 15 is 0 Å². The van der Waals surface area contributed by atoms with Crippen molar-refractivity contribution in [3.05, 3.63) is 60.1 Å². The Labute approximate surface area is 161 Å². The molecule has 0 aliphatic carbocycles. The molecule has 2 fully saturated rings. The summed E-state index contributed by atoms with van der Waals surface area (Å²) >= 11 is 5.50.